The Bertz CT molecular complexity index is 1330. The van der Waals surface area contributed by atoms with Gasteiger partial charge in [0.2, 0.25) is 0 Å². The maximum absolute atomic E-state index is 6.19. The molecular formula is C27H19BrCl2N2. The predicted octanol–water partition coefficient (Wildman–Crippen LogP) is 8.42. The van der Waals surface area contributed by atoms with E-state index >= 15 is 0 Å². The number of nitrogens with zero attached hydrogens (tertiary/aromatic N) is 2. The van der Waals surface area contributed by atoms with Gasteiger partial charge in [-0.1, -0.05) is 75.5 Å². The Morgan fingerprint density at radius 1 is 0.625 bits per heavy atom. The van der Waals surface area contributed by atoms with Crippen LogP contribution in [0, 0.1) is 0 Å². The van der Waals surface area contributed by atoms with E-state index in [1.54, 1.807) is 0 Å². The van der Waals surface area contributed by atoms with E-state index in [2.05, 4.69) is 64.5 Å². The normalized spacial score (nSPS) is 11.5. The standard InChI is InChI=1S/C27H19BrCl2N2/c28-21-7-1-17(2-8-21)20(13-24-11-5-18-3-9-22(29)15-26(18)31-24)14-25-12-6-19-4-10-23(30)16-27(19)32-25/h1-12,15-16,20H,13-14H2. The van der Waals surface area contributed by atoms with Gasteiger partial charge in [-0.05, 0) is 72.9 Å². The first-order valence-corrected chi connectivity index (χ1v) is 11.9. The minimum atomic E-state index is 0.233. The Hall–Kier alpha value is -2.46. The predicted molar refractivity (Wildman–Crippen MR) is 138 cm³/mol. The summed E-state index contributed by atoms with van der Waals surface area (Å²) in [6.45, 7) is 0. The van der Waals surface area contributed by atoms with Crippen molar-refractivity contribution >= 4 is 60.9 Å². The van der Waals surface area contributed by atoms with E-state index in [4.69, 9.17) is 33.2 Å². The molecule has 2 nitrogen and oxygen atoms in total. The van der Waals surface area contributed by atoms with Gasteiger partial charge < -0.3 is 0 Å². The number of pyridine rings is 2. The van der Waals surface area contributed by atoms with Gasteiger partial charge in [-0.15, -0.1) is 0 Å². The van der Waals surface area contributed by atoms with Crippen molar-refractivity contribution in [3.63, 3.8) is 0 Å². The summed E-state index contributed by atoms with van der Waals surface area (Å²) in [5.74, 6) is 0.233. The summed E-state index contributed by atoms with van der Waals surface area (Å²) in [5, 5.41) is 3.58. The summed E-state index contributed by atoms with van der Waals surface area (Å²) in [6, 6.07) is 28.6. The third kappa shape index (κ3) is 4.80. The molecule has 0 aliphatic rings. The molecule has 0 fully saturated rings. The van der Waals surface area contributed by atoms with Gasteiger partial charge in [0.25, 0.3) is 0 Å². The topological polar surface area (TPSA) is 25.8 Å². The van der Waals surface area contributed by atoms with Gasteiger partial charge in [0, 0.05) is 36.7 Å². The molecule has 5 aromatic rings. The third-order valence-corrected chi connectivity index (χ3v) is 6.67. The minimum Gasteiger partial charge on any atom is -0.253 e. The van der Waals surface area contributed by atoms with Crippen LogP contribution in [0.25, 0.3) is 21.8 Å². The lowest BCUT2D eigenvalue weighted by atomic mass is 9.89. The van der Waals surface area contributed by atoms with Crippen LogP contribution in [0.15, 0.2) is 89.4 Å². The van der Waals surface area contributed by atoms with E-state index in [9.17, 15) is 0 Å². The summed E-state index contributed by atoms with van der Waals surface area (Å²) in [6.07, 6.45) is 1.61. The average molecular weight is 522 g/mol. The molecule has 2 heterocycles. The van der Waals surface area contributed by atoms with Crippen molar-refractivity contribution < 1.29 is 0 Å². The zero-order valence-electron chi connectivity index (χ0n) is 17.1. The van der Waals surface area contributed by atoms with E-state index in [1.807, 2.05) is 36.4 Å². The van der Waals surface area contributed by atoms with Crippen LogP contribution in [0.3, 0.4) is 0 Å². The summed E-state index contributed by atoms with van der Waals surface area (Å²) in [5.41, 5.74) is 5.17. The van der Waals surface area contributed by atoms with Crippen molar-refractivity contribution in [3.05, 3.63) is 116 Å². The Kier molecular flexibility index (Phi) is 6.14. The second kappa shape index (κ2) is 9.19. The van der Waals surface area contributed by atoms with E-state index in [0.29, 0.717) is 10.0 Å². The first-order valence-electron chi connectivity index (χ1n) is 10.4. The van der Waals surface area contributed by atoms with Gasteiger partial charge in [-0.2, -0.15) is 0 Å². The molecule has 0 unspecified atom stereocenters. The monoisotopic (exact) mass is 520 g/mol. The van der Waals surface area contributed by atoms with Gasteiger partial charge in [0.05, 0.1) is 11.0 Å². The highest BCUT2D eigenvalue weighted by atomic mass is 79.9. The molecule has 0 N–H and O–H groups in total. The average Bonchev–Trinajstić information content (AvgIpc) is 2.78. The van der Waals surface area contributed by atoms with Crippen molar-refractivity contribution in [2.45, 2.75) is 18.8 Å². The van der Waals surface area contributed by atoms with Crippen LogP contribution < -0.4 is 0 Å². The van der Waals surface area contributed by atoms with Crippen LogP contribution >= 0.6 is 39.1 Å². The van der Waals surface area contributed by atoms with Crippen molar-refractivity contribution in [1.29, 1.82) is 0 Å². The highest BCUT2D eigenvalue weighted by molar-refractivity contribution is 9.10. The zero-order chi connectivity index (χ0) is 22.1. The first kappa shape index (κ1) is 21.4. The molecule has 0 amide bonds. The zero-order valence-corrected chi connectivity index (χ0v) is 20.2. The third-order valence-electron chi connectivity index (χ3n) is 5.68. The first-order chi connectivity index (χ1) is 15.5. The molecule has 5 rings (SSSR count). The number of fused-ring (bicyclic) bond motifs is 2. The highest BCUT2D eigenvalue weighted by Gasteiger charge is 2.16. The van der Waals surface area contributed by atoms with Gasteiger partial charge in [0.15, 0.2) is 0 Å². The van der Waals surface area contributed by atoms with E-state index < -0.39 is 0 Å². The quantitative estimate of drug-likeness (QED) is 0.232. The Labute approximate surface area is 205 Å². The van der Waals surface area contributed by atoms with Crippen molar-refractivity contribution in [3.8, 4) is 0 Å². The number of hydrogen-bond acceptors (Lipinski definition) is 2. The Morgan fingerprint density at radius 3 is 1.59 bits per heavy atom. The molecule has 0 radical (unpaired) electrons. The number of rotatable bonds is 5. The van der Waals surface area contributed by atoms with E-state index in [0.717, 1.165) is 50.5 Å². The summed E-state index contributed by atoms with van der Waals surface area (Å²) < 4.78 is 1.07. The summed E-state index contributed by atoms with van der Waals surface area (Å²) >= 11 is 15.9. The number of benzene rings is 3. The number of halogens is 3. The maximum atomic E-state index is 6.19. The van der Waals surface area contributed by atoms with Crippen LogP contribution in [0.2, 0.25) is 10.0 Å². The lowest BCUT2D eigenvalue weighted by Crippen LogP contribution is -2.09. The molecule has 3 aromatic carbocycles. The fraction of sp³-hybridized carbons (Fsp3) is 0.111. The molecule has 0 spiro atoms. The minimum absolute atomic E-state index is 0.233. The number of aromatic nitrogens is 2. The molecule has 5 heteroatoms. The summed E-state index contributed by atoms with van der Waals surface area (Å²) in [7, 11) is 0. The molecule has 2 aromatic heterocycles. The number of hydrogen-bond donors (Lipinski definition) is 0. The lowest BCUT2D eigenvalue weighted by molar-refractivity contribution is 0.660. The molecule has 0 bridgehead atoms. The van der Waals surface area contributed by atoms with Gasteiger partial charge in [-0.3, -0.25) is 9.97 Å². The molecular weight excluding hydrogens is 503 g/mol. The van der Waals surface area contributed by atoms with Crippen molar-refractivity contribution in [2.24, 2.45) is 0 Å². The maximum Gasteiger partial charge on any atom is 0.0720 e. The van der Waals surface area contributed by atoms with Crippen molar-refractivity contribution in [1.82, 2.24) is 9.97 Å². The van der Waals surface area contributed by atoms with Crippen LogP contribution in [-0.4, -0.2) is 9.97 Å². The van der Waals surface area contributed by atoms with Crippen LogP contribution in [0.4, 0.5) is 0 Å². The van der Waals surface area contributed by atoms with Gasteiger partial charge in [-0.25, -0.2) is 0 Å². The smallest absolute Gasteiger partial charge is 0.0720 e. The molecule has 0 aliphatic carbocycles. The molecule has 0 saturated heterocycles. The van der Waals surface area contributed by atoms with Gasteiger partial charge in [0.1, 0.15) is 0 Å². The molecule has 32 heavy (non-hydrogen) atoms. The molecule has 0 aliphatic heterocycles. The van der Waals surface area contributed by atoms with Crippen LogP contribution in [-0.2, 0) is 12.8 Å². The SMILES string of the molecule is Clc1ccc2ccc(CC(Cc3ccc4ccc(Cl)cc4n3)c3ccc(Br)cc3)nc2c1. The molecule has 0 saturated carbocycles. The Balaban J connectivity index is 1.50. The fourth-order valence-corrected chi connectivity index (χ4v) is 4.64. The van der Waals surface area contributed by atoms with E-state index in [1.165, 1.54) is 5.56 Å². The largest absolute Gasteiger partial charge is 0.253 e. The van der Waals surface area contributed by atoms with E-state index in [-0.39, 0.29) is 5.92 Å². The van der Waals surface area contributed by atoms with Crippen LogP contribution in [0.5, 0.6) is 0 Å². The molecule has 158 valence electrons. The Morgan fingerprint density at radius 2 is 1.09 bits per heavy atom. The second-order valence-electron chi connectivity index (χ2n) is 7.94. The van der Waals surface area contributed by atoms with Crippen molar-refractivity contribution in [2.75, 3.05) is 0 Å². The molecule has 0 atom stereocenters. The fourth-order valence-electron chi connectivity index (χ4n) is 4.04. The van der Waals surface area contributed by atoms with Crippen LogP contribution in [0.1, 0.15) is 22.9 Å². The lowest BCUT2D eigenvalue weighted by Gasteiger charge is -2.18. The highest BCUT2D eigenvalue weighted by Crippen LogP contribution is 2.28. The summed E-state index contributed by atoms with van der Waals surface area (Å²) in [4.78, 5) is 9.78. The second-order valence-corrected chi connectivity index (χ2v) is 9.72. The van der Waals surface area contributed by atoms with Gasteiger partial charge >= 0.3 is 0 Å².